The topological polar surface area (TPSA) is 90.5 Å². The number of hydrogen-bond acceptors (Lipinski definition) is 4. The second-order valence-electron chi connectivity index (χ2n) is 10.0. The van der Waals surface area contributed by atoms with Gasteiger partial charge in [0.05, 0.1) is 16.5 Å². The summed E-state index contributed by atoms with van der Waals surface area (Å²) in [7, 11) is 0. The first-order valence-electron chi connectivity index (χ1n) is 12.8. The number of benzene rings is 4. The van der Waals surface area contributed by atoms with Crippen LogP contribution in [0.4, 0.5) is 17.1 Å². The van der Waals surface area contributed by atoms with Gasteiger partial charge in [-0.25, -0.2) is 0 Å². The Hall–Kier alpha value is -3.13. The Kier molecular flexibility index (Phi) is 8.83. The summed E-state index contributed by atoms with van der Waals surface area (Å²) in [6, 6.07) is 22.1. The number of nitrogens with one attached hydrogen (secondary N) is 3. The number of phenolic OH excluding ortho intramolecular Hbond substituents is 1. The van der Waals surface area contributed by atoms with E-state index < -0.39 is 28.0 Å². The number of halogens is 5. The maximum atomic E-state index is 13.2. The van der Waals surface area contributed by atoms with Crippen molar-refractivity contribution in [1.82, 2.24) is 0 Å². The van der Waals surface area contributed by atoms with Crippen LogP contribution < -0.4 is 16.0 Å². The van der Waals surface area contributed by atoms with Crippen LogP contribution in [0.3, 0.4) is 0 Å². The molecule has 2 atom stereocenters. The summed E-state index contributed by atoms with van der Waals surface area (Å²) in [5.74, 6) is -1.90. The molecule has 0 heterocycles. The van der Waals surface area contributed by atoms with E-state index in [9.17, 15) is 14.7 Å². The number of anilines is 3. The number of aromatic hydroxyl groups is 1. The van der Waals surface area contributed by atoms with E-state index >= 15 is 0 Å². The SMILES string of the molecule is Cc1cc(NCc2ccc(O)cc2)ccc1NC(=O)c1cc(NC(=O)C2C(c3cc(Cl)cc(Cl)c3)C2(Cl)Cl)ccc1Cl. The summed E-state index contributed by atoms with van der Waals surface area (Å²) in [6.07, 6.45) is 0. The van der Waals surface area contributed by atoms with Gasteiger partial charge in [0.2, 0.25) is 5.91 Å². The highest BCUT2D eigenvalue weighted by Gasteiger charge is 2.67. The number of hydrogen-bond donors (Lipinski definition) is 4. The van der Waals surface area contributed by atoms with Gasteiger partial charge in [0, 0.05) is 39.6 Å². The Balaban J connectivity index is 1.25. The lowest BCUT2D eigenvalue weighted by Crippen LogP contribution is -2.18. The Labute approximate surface area is 267 Å². The fourth-order valence-electron chi connectivity index (χ4n) is 4.74. The smallest absolute Gasteiger partial charge is 0.257 e. The highest BCUT2D eigenvalue weighted by Crippen LogP contribution is 2.65. The third kappa shape index (κ3) is 6.74. The Morgan fingerprint density at radius 3 is 2.17 bits per heavy atom. The fraction of sp³-hybridized carbons (Fsp3) is 0.161. The molecule has 1 aliphatic carbocycles. The molecule has 1 fully saturated rings. The lowest BCUT2D eigenvalue weighted by molar-refractivity contribution is -0.117. The van der Waals surface area contributed by atoms with Gasteiger partial charge in [-0.05, 0) is 90.3 Å². The van der Waals surface area contributed by atoms with Gasteiger partial charge in [0.1, 0.15) is 10.1 Å². The van der Waals surface area contributed by atoms with Crippen molar-refractivity contribution in [3.8, 4) is 5.75 Å². The average Bonchev–Trinajstić information content (AvgIpc) is 3.52. The molecule has 4 aromatic rings. The minimum absolute atomic E-state index is 0.181. The van der Waals surface area contributed by atoms with E-state index in [-0.39, 0.29) is 16.3 Å². The molecule has 4 aromatic carbocycles. The number of alkyl halides is 2. The number of carbonyl (C=O) groups excluding carboxylic acids is 2. The molecule has 0 aromatic heterocycles. The molecule has 0 saturated heterocycles. The molecule has 11 heteroatoms. The molecule has 0 spiro atoms. The highest BCUT2D eigenvalue weighted by molar-refractivity contribution is 6.53. The lowest BCUT2D eigenvalue weighted by Gasteiger charge is -2.13. The van der Waals surface area contributed by atoms with Crippen molar-refractivity contribution >= 4 is 86.9 Å². The van der Waals surface area contributed by atoms with Crippen LogP contribution in [0.25, 0.3) is 0 Å². The summed E-state index contributed by atoms with van der Waals surface area (Å²) in [5.41, 5.74) is 4.52. The van der Waals surface area contributed by atoms with Gasteiger partial charge >= 0.3 is 0 Å². The standard InChI is InChI=1S/C31H24Cl5N3O3/c1-16-10-21(37-15-17-2-6-23(40)7-3-17)5-9-26(16)39-29(41)24-14-22(4-8-25(24)34)38-30(42)28-27(31(28,35)36)18-11-19(32)13-20(33)12-18/h2-14,27-28,37,40H,15H2,1H3,(H,38,42)(H,39,41). The largest absolute Gasteiger partial charge is 0.508 e. The first-order valence-corrected chi connectivity index (χ1v) is 14.7. The molecule has 6 nitrogen and oxygen atoms in total. The Bertz CT molecular complexity index is 1660. The van der Waals surface area contributed by atoms with Crippen LogP contribution in [0.15, 0.2) is 78.9 Å². The molecule has 42 heavy (non-hydrogen) atoms. The number of carbonyl (C=O) groups is 2. The van der Waals surface area contributed by atoms with Crippen molar-refractivity contribution in [3.05, 3.63) is 116 Å². The van der Waals surface area contributed by atoms with Gasteiger partial charge in [-0.2, -0.15) is 0 Å². The molecular formula is C31H24Cl5N3O3. The zero-order valence-corrected chi connectivity index (χ0v) is 25.8. The first-order chi connectivity index (χ1) is 19.9. The van der Waals surface area contributed by atoms with E-state index in [2.05, 4.69) is 16.0 Å². The predicted molar refractivity (Wildman–Crippen MR) is 172 cm³/mol. The monoisotopic (exact) mass is 661 g/mol. The average molecular weight is 664 g/mol. The van der Waals surface area contributed by atoms with Crippen LogP contribution in [0.1, 0.15) is 33.0 Å². The van der Waals surface area contributed by atoms with Gasteiger partial charge in [0.25, 0.3) is 5.91 Å². The summed E-state index contributed by atoms with van der Waals surface area (Å²) in [6.45, 7) is 2.45. The van der Waals surface area contributed by atoms with E-state index in [0.29, 0.717) is 33.5 Å². The van der Waals surface area contributed by atoms with Crippen LogP contribution in [-0.2, 0) is 11.3 Å². The van der Waals surface area contributed by atoms with E-state index in [4.69, 9.17) is 58.0 Å². The van der Waals surface area contributed by atoms with Crippen LogP contribution in [0, 0.1) is 12.8 Å². The van der Waals surface area contributed by atoms with E-state index in [1.54, 1.807) is 42.5 Å². The van der Waals surface area contributed by atoms with Crippen LogP contribution in [0.5, 0.6) is 5.75 Å². The van der Waals surface area contributed by atoms with Gasteiger partial charge < -0.3 is 21.1 Å². The molecule has 4 N–H and O–H groups in total. The zero-order valence-electron chi connectivity index (χ0n) is 22.0. The molecule has 0 aliphatic heterocycles. The predicted octanol–water partition coefficient (Wildman–Crippen LogP) is 9.05. The molecule has 0 bridgehead atoms. The summed E-state index contributed by atoms with van der Waals surface area (Å²) in [5, 5.41) is 19.5. The molecule has 5 rings (SSSR count). The lowest BCUT2D eigenvalue weighted by atomic mass is 10.1. The quantitative estimate of drug-likeness (QED) is 0.142. The van der Waals surface area contributed by atoms with Crippen molar-refractivity contribution in [1.29, 1.82) is 0 Å². The van der Waals surface area contributed by atoms with Crippen molar-refractivity contribution in [2.45, 2.75) is 23.7 Å². The molecule has 1 aliphatic rings. The van der Waals surface area contributed by atoms with Gasteiger partial charge in [-0.1, -0.05) is 46.9 Å². The second kappa shape index (κ2) is 12.2. The van der Waals surface area contributed by atoms with Crippen molar-refractivity contribution < 1.29 is 14.7 Å². The van der Waals surface area contributed by atoms with Crippen LogP contribution in [-0.4, -0.2) is 21.3 Å². The second-order valence-corrected chi connectivity index (χ2v) is 12.7. The van der Waals surface area contributed by atoms with Gasteiger partial charge in [0.15, 0.2) is 0 Å². The minimum Gasteiger partial charge on any atom is -0.508 e. The molecule has 2 amide bonds. The molecule has 216 valence electrons. The zero-order chi connectivity index (χ0) is 30.2. The minimum atomic E-state index is -1.34. The maximum Gasteiger partial charge on any atom is 0.257 e. The van der Waals surface area contributed by atoms with E-state index in [0.717, 1.165) is 16.8 Å². The maximum absolute atomic E-state index is 13.2. The van der Waals surface area contributed by atoms with Gasteiger partial charge in [-0.3, -0.25) is 9.59 Å². The molecule has 2 unspecified atom stereocenters. The summed E-state index contributed by atoms with van der Waals surface area (Å²) < 4.78 is -1.34. The Morgan fingerprint density at radius 1 is 0.833 bits per heavy atom. The van der Waals surface area contributed by atoms with E-state index in [1.165, 1.54) is 12.1 Å². The number of aryl methyl sites for hydroxylation is 1. The molecule has 0 radical (unpaired) electrons. The summed E-state index contributed by atoms with van der Waals surface area (Å²) in [4.78, 5) is 26.3. The summed E-state index contributed by atoms with van der Waals surface area (Å²) >= 11 is 31.5. The molecular weight excluding hydrogens is 640 g/mol. The van der Waals surface area contributed by atoms with E-state index in [1.807, 2.05) is 31.2 Å². The normalized spacial score (nSPS) is 16.9. The number of phenols is 1. The third-order valence-electron chi connectivity index (χ3n) is 6.97. The number of amides is 2. The van der Waals surface area contributed by atoms with Gasteiger partial charge in [-0.15, -0.1) is 23.2 Å². The number of rotatable bonds is 8. The first kappa shape index (κ1) is 30.3. The van der Waals surface area contributed by atoms with Crippen molar-refractivity contribution in [2.24, 2.45) is 5.92 Å². The van der Waals surface area contributed by atoms with Crippen molar-refractivity contribution in [3.63, 3.8) is 0 Å². The fourth-order valence-corrected chi connectivity index (χ4v) is 6.32. The van der Waals surface area contributed by atoms with Crippen LogP contribution in [0.2, 0.25) is 15.1 Å². The third-order valence-corrected chi connectivity index (χ3v) is 8.67. The highest BCUT2D eigenvalue weighted by atomic mass is 35.5. The Morgan fingerprint density at radius 2 is 1.50 bits per heavy atom. The van der Waals surface area contributed by atoms with Crippen molar-refractivity contribution in [2.75, 3.05) is 16.0 Å². The molecule has 1 saturated carbocycles. The van der Waals surface area contributed by atoms with Crippen LogP contribution >= 0.6 is 58.0 Å².